The molecule has 0 amide bonds. The summed E-state index contributed by atoms with van der Waals surface area (Å²) in [7, 11) is -1.72. The number of nitrogen functional groups attached to an aromatic ring is 1. The first-order chi connectivity index (χ1) is 9.42. The van der Waals surface area contributed by atoms with Crippen LogP contribution in [0, 0.1) is 0 Å². The minimum absolute atomic E-state index is 0.159. The zero-order valence-electron chi connectivity index (χ0n) is 11.3. The van der Waals surface area contributed by atoms with Crippen molar-refractivity contribution in [2.75, 3.05) is 17.6 Å². The molecule has 108 valence electrons. The summed E-state index contributed by atoms with van der Waals surface area (Å²) >= 11 is 0. The molecule has 20 heavy (non-hydrogen) atoms. The molecule has 2 rings (SSSR count). The van der Waals surface area contributed by atoms with Crippen LogP contribution < -0.4 is 15.8 Å². The second-order valence-electron chi connectivity index (χ2n) is 4.25. The van der Waals surface area contributed by atoms with Gasteiger partial charge in [-0.05, 0) is 18.2 Å². The van der Waals surface area contributed by atoms with E-state index in [0.717, 1.165) is 0 Å². The molecule has 0 aliphatic rings. The number of hydrogen-bond acceptors (Lipinski definition) is 5. The fraction of sp³-hybridized carbons (Fsp3) is 0.250. The summed E-state index contributed by atoms with van der Waals surface area (Å²) in [6.07, 6.45) is 1.78. The molecule has 0 spiro atoms. The highest BCUT2D eigenvalue weighted by molar-refractivity contribution is 7.89. The molecule has 0 aliphatic carbocycles. The molecule has 0 saturated heterocycles. The molecule has 1 heterocycles. The Morgan fingerprint density at radius 1 is 1.35 bits per heavy atom. The second kappa shape index (κ2) is 5.51. The van der Waals surface area contributed by atoms with Crippen molar-refractivity contribution in [2.24, 2.45) is 7.05 Å². The Labute approximate surface area is 117 Å². The number of nitrogens with zero attached hydrogens (tertiary/aromatic N) is 2. The maximum Gasteiger partial charge on any atom is 0.240 e. The van der Waals surface area contributed by atoms with Gasteiger partial charge in [0.15, 0.2) is 5.82 Å². The van der Waals surface area contributed by atoms with Gasteiger partial charge in [0.05, 0.1) is 16.3 Å². The van der Waals surface area contributed by atoms with Crippen LogP contribution >= 0.6 is 0 Å². The average Bonchev–Trinajstić information content (AvgIpc) is 2.77. The van der Waals surface area contributed by atoms with Crippen molar-refractivity contribution >= 4 is 27.2 Å². The lowest BCUT2D eigenvalue weighted by Crippen LogP contribution is -2.23. The van der Waals surface area contributed by atoms with Crippen LogP contribution in [0.15, 0.2) is 35.4 Å². The molecule has 1 aromatic heterocycles. The quantitative estimate of drug-likeness (QED) is 0.715. The highest BCUT2D eigenvalue weighted by Crippen LogP contribution is 2.25. The van der Waals surface area contributed by atoms with Gasteiger partial charge in [0.1, 0.15) is 0 Å². The minimum atomic E-state index is -3.51. The van der Waals surface area contributed by atoms with Crippen LogP contribution in [0.2, 0.25) is 0 Å². The van der Waals surface area contributed by atoms with Crippen LogP contribution in [-0.4, -0.2) is 24.7 Å². The number of aromatic nitrogens is 2. The third kappa shape index (κ3) is 3.09. The Morgan fingerprint density at radius 2 is 2.10 bits per heavy atom. The standard InChI is InChI=1S/C12H17N5O2S/c1-3-14-20(18,19)9-4-5-10(13)11(8-9)15-12-6-7-17(2)16-12/h4-8,14H,3,13H2,1-2H3,(H,15,16). The van der Waals surface area contributed by atoms with Crippen molar-refractivity contribution in [3.63, 3.8) is 0 Å². The zero-order chi connectivity index (χ0) is 14.8. The number of rotatable bonds is 5. The summed E-state index contributed by atoms with van der Waals surface area (Å²) in [6, 6.07) is 6.28. The van der Waals surface area contributed by atoms with Gasteiger partial charge in [-0.2, -0.15) is 5.10 Å². The minimum Gasteiger partial charge on any atom is -0.397 e. The molecule has 1 aromatic carbocycles. The van der Waals surface area contributed by atoms with Gasteiger partial charge in [-0.3, -0.25) is 4.68 Å². The van der Waals surface area contributed by atoms with Crippen LogP contribution in [0.25, 0.3) is 0 Å². The molecule has 0 fully saturated rings. The number of nitrogens with one attached hydrogen (secondary N) is 2. The van der Waals surface area contributed by atoms with E-state index < -0.39 is 10.0 Å². The smallest absolute Gasteiger partial charge is 0.240 e. The van der Waals surface area contributed by atoms with Crippen molar-refractivity contribution in [1.82, 2.24) is 14.5 Å². The average molecular weight is 295 g/mol. The van der Waals surface area contributed by atoms with Crippen molar-refractivity contribution in [1.29, 1.82) is 0 Å². The molecule has 0 bridgehead atoms. The molecule has 0 aliphatic heterocycles. The number of aryl methyl sites for hydroxylation is 1. The number of anilines is 3. The third-order valence-corrected chi connectivity index (χ3v) is 4.19. The molecule has 0 radical (unpaired) electrons. The van der Waals surface area contributed by atoms with Gasteiger partial charge >= 0.3 is 0 Å². The SMILES string of the molecule is CCNS(=O)(=O)c1ccc(N)c(Nc2ccn(C)n2)c1. The molecular formula is C12H17N5O2S. The predicted octanol–water partition coefficient (Wildman–Crippen LogP) is 1.04. The normalized spacial score (nSPS) is 11.5. The van der Waals surface area contributed by atoms with E-state index in [4.69, 9.17) is 5.73 Å². The van der Waals surface area contributed by atoms with E-state index in [9.17, 15) is 8.42 Å². The van der Waals surface area contributed by atoms with Crippen molar-refractivity contribution in [2.45, 2.75) is 11.8 Å². The van der Waals surface area contributed by atoms with E-state index >= 15 is 0 Å². The Hall–Kier alpha value is -2.06. The van der Waals surface area contributed by atoms with Crippen LogP contribution in [-0.2, 0) is 17.1 Å². The summed E-state index contributed by atoms with van der Waals surface area (Å²) in [5, 5.41) is 7.16. The van der Waals surface area contributed by atoms with E-state index in [1.807, 2.05) is 0 Å². The van der Waals surface area contributed by atoms with Gasteiger partial charge in [0.2, 0.25) is 10.0 Å². The van der Waals surface area contributed by atoms with E-state index in [1.165, 1.54) is 12.1 Å². The first-order valence-electron chi connectivity index (χ1n) is 6.08. The Kier molecular flexibility index (Phi) is 3.96. The largest absolute Gasteiger partial charge is 0.397 e. The van der Waals surface area contributed by atoms with E-state index in [-0.39, 0.29) is 4.90 Å². The number of benzene rings is 1. The second-order valence-corrected chi connectivity index (χ2v) is 6.02. The van der Waals surface area contributed by atoms with Crippen LogP contribution in [0.3, 0.4) is 0 Å². The van der Waals surface area contributed by atoms with Gasteiger partial charge in [-0.1, -0.05) is 6.92 Å². The highest BCUT2D eigenvalue weighted by Gasteiger charge is 2.14. The summed E-state index contributed by atoms with van der Waals surface area (Å²) in [4.78, 5) is 0.159. The number of nitrogens with two attached hydrogens (primary N) is 1. The first kappa shape index (κ1) is 14.4. The maximum atomic E-state index is 12.0. The van der Waals surface area contributed by atoms with Gasteiger partial charge < -0.3 is 11.1 Å². The molecule has 4 N–H and O–H groups in total. The molecule has 8 heteroatoms. The Bertz CT molecular complexity index is 708. The van der Waals surface area contributed by atoms with Crippen LogP contribution in [0.1, 0.15) is 6.92 Å². The van der Waals surface area contributed by atoms with Crippen LogP contribution in [0.4, 0.5) is 17.2 Å². The van der Waals surface area contributed by atoms with Crippen molar-refractivity contribution in [3.8, 4) is 0 Å². The molecule has 0 atom stereocenters. The van der Waals surface area contributed by atoms with Crippen molar-refractivity contribution < 1.29 is 8.42 Å². The van der Waals surface area contributed by atoms with Gasteiger partial charge in [0, 0.05) is 25.9 Å². The predicted molar refractivity (Wildman–Crippen MR) is 78.2 cm³/mol. The maximum absolute atomic E-state index is 12.0. The van der Waals surface area contributed by atoms with Gasteiger partial charge in [-0.15, -0.1) is 0 Å². The van der Waals surface area contributed by atoms with E-state index in [1.54, 1.807) is 37.0 Å². The third-order valence-electron chi connectivity index (χ3n) is 2.65. The lowest BCUT2D eigenvalue weighted by Gasteiger charge is -2.10. The Balaban J connectivity index is 2.34. The lowest BCUT2D eigenvalue weighted by molar-refractivity contribution is 0.584. The molecular weight excluding hydrogens is 278 g/mol. The highest BCUT2D eigenvalue weighted by atomic mass is 32.2. The van der Waals surface area contributed by atoms with E-state index in [0.29, 0.717) is 23.7 Å². The molecule has 0 saturated carbocycles. The fourth-order valence-electron chi connectivity index (χ4n) is 1.70. The summed E-state index contributed by atoms with van der Waals surface area (Å²) in [5.74, 6) is 0.595. The van der Waals surface area contributed by atoms with Crippen molar-refractivity contribution in [3.05, 3.63) is 30.5 Å². The monoisotopic (exact) mass is 295 g/mol. The summed E-state index contributed by atoms with van der Waals surface area (Å²) in [6.45, 7) is 2.05. The fourth-order valence-corrected chi connectivity index (χ4v) is 2.77. The summed E-state index contributed by atoms with van der Waals surface area (Å²) < 4.78 is 28.0. The summed E-state index contributed by atoms with van der Waals surface area (Å²) in [5.41, 5.74) is 6.80. The number of hydrogen-bond donors (Lipinski definition) is 3. The topological polar surface area (TPSA) is 102 Å². The molecule has 7 nitrogen and oxygen atoms in total. The zero-order valence-corrected chi connectivity index (χ0v) is 12.1. The van der Waals surface area contributed by atoms with Gasteiger partial charge in [0.25, 0.3) is 0 Å². The Morgan fingerprint density at radius 3 is 2.70 bits per heavy atom. The molecule has 0 unspecified atom stereocenters. The number of sulfonamides is 1. The lowest BCUT2D eigenvalue weighted by atomic mass is 10.2. The first-order valence-corrected chi connectivity index (χ1v) is 7.56. The van der Waals surface area contributed by atoms with E-state index in [2.05, 4.69) is 15.1 Å². The van der Waals surface area contributed by atoms with Gasteiger partial charge in [-0.25, -0.2) is 13.1 Å². The van der Waals surface area contributed by atoms with Crippen LogP contribution in [0.5, 0.6) is 0 Å². The molecule has 2 aromatic rings.